The van der Waals surface area contributed by atoms with Crippen LogP contribution in [0.25, 0.3) is 0 Å². The molecule has 0 unspecified atom stereocenters. The Morgan fingerprint density at radius 3 is 2.52 bits per heavy atom. The Bertz CT molecular complexity index is 680. The average molecular weight is 308 g/mol. The molecule has 0 radical (unpaired) electrons. The highest BCUT2D eigenvalue weighted by Crippen LogP contribution is 2.23. The van der Waals surface area contributed by atoms with Gasteiger partial charge in [0.2, 0.25) is 14.9 Å². The third-order valence-corrected chi connectivity index (χ3v) is 4.96. The van der Waals surface area contributed by atoms with Gasteiger partial charge in [-0.15, -0.1) is 5.10 Å². The lowest BCUT2D eigenvalue weighted by Crippen LogP contribution is -2.09. The van der Waals surface area contributed by atoms with Crippen LogP contribution in [0.3, 0.4) is 0 Å². The van der Waals surface area contributed by atoms with Crippen molar-refractivity contribution < 1.29 is 8.42 Å². The van der Waals surface area contributed by atoms with Crippen LogP contribution >= 0.6 is 0 Å². The molecule has 114 valence electrons. The molecule has 0 bridgehead atoms. The first kappa shape index (κ1) is 15.5. The van der Waals surface area contributed by atoms with Gasteiger partial charge in [0.1, 0.15) is 0 Å². The van der Waals surface area contributed by atoms with Crippen molar-refractivity contribution in [3.05, 3.63) is 30.3 Å². The summed E-state index contributed by atoms with van der Waals surface area (Å²) in [6, 6.07) is 8.13. The third-order valence-electron chi connectivity index (χ3n) is 3.27. The van der Waals surface area contributed by atoms with Crippen molar-refractivity contribution in [2.24, 2.45) is 0 Å². The predicted octanol–water partition coefficient (Wildman–Crippen LogP) is 2.27. The Kier molecular flexibility index (Phi) is 4.95. The second kappa shape index (κ2) is 6.71. The zero-order valence-electron chi connectivity index (χ0n) is 12.1. The van der Waals surface area contributed by atoms with E-state index in [0.29, 0.717) is 6.54 Å². The summed E-state index contributed by atoms with van der Waals surface area (Å²) in [7, 11) is -3.70. The summed E-state index contributed by atoms with van der Waals surface area (Å²) in [5, 5.41) is 7.47. The first-order valence-electron chi connectivity index (χ1n) is 7.06. The largest absolute Gasteiger partial charge is 0.381 e. The standard InChI is InChI=1S/C14H20N4O2S/c1-2-3-4-8-11-18-13(15)14(16-17-18)21(19,20)12-9-6-5-7-10-12/h5-7,9-10H,2-4,8,11,15H2,1H3. The van der Waals surface area contributed by atoms with E-state index in [-0.39, 0.29) is 15.7 Å². The maximum Gasteiger partial charge on any atom is 0.229 e. The van der Waals surface area contributed by atoms with Gasteiger partial charge in [0, 0.05) is 6.54 Å². The highest BCUT2D eigenvalue weighted by atomic mass is 32.2. The van der Waals surface area contributed by atoms with Crippen LogP contribution in [-0.2, 0) is 16.4 Å². The number of nitrogen functional groups attached to an aromatic ring is 1. The van der Waals surface area contributed by atoms with Crippen LogP contribution in [0.5, 0.6) is 0 Å². The molecule has 6 nitrogen and oxygen atoms in total. The van der Waals surface area contributed by atoms with Crippen molar-refractivity contribution in [3.63, 3.8) is 0 Å². The molecule has 1 aromatic carbocycles. The molecule has 0 saturated heterocycles. The quantitative estimate of drug-likeness (QED) is 0.792. The first-order valence-corrected chi connectivity index (χ1v) is 8.54. The van der Waals surface area contributed by atoms with Crippen LogP contribution in [0.4, 0.5) is 5.82 Å². The van der Waals surface area contributed by atoms with Crippen molar-refractivity contribution >= 4 is 15.7 Å². The molecule has 0 aliphatic rings. The van der Waals surface area contributed by atoms with Gasteiger partial charge in [0.25, 0.3) is 0 Å². The highest BCUT2D eigenvalue weighted by molar-refractivity contribution is 7.91. The number of rotatable bonds is 7. The molecule has 0 fully saturated rings. The molecule has 1 aromatic heterocycles. The van der Waals surface area contributed by atoms with Gasteiger partial charge >= 0.3 is 0 Å². The van der Waals surface area contributed by atoms with E-state index in [9.17, 15) is 8.42 Å². The Labute approximate surface area is 124 Å². The maximum atomic E-state index is 12.4. The Balaban J connectivity index is 2.20. The number of sulfone groups is 1. The minimum absolute atomic E-state index is 0.107. The van der Waals surface area contributed by atoms with E-state index in [1.807, 2.05) is 0 Å². The minimum atomic E-state index is -3.70. The van der Waals surface area contributed by atoms with E-state index in [2.05, 4.69) is 17.2 Å². The second-order valence-electron chi connectivity index (χ2n) is 4.88. The summed E-state index contributed by atoms with van der Waals surface area (Å²) >= 11 is 0. The van der Waals surface area contributed by atoms with Crippen LogP contribution in [0.15, 0.2) is 40.3 Å². The van der Waals surface area contributed by atoms with Gasteiger partial charge in [0.05, 0.1) is 4.90 Å². The molecule has 2 rings (SSSR count). The van der Waals surface area contributed by atoms with Gasteiger partial charge in [-0.25, -0.2) is 13.1 Å². The Morgan fingerprint density at radius 1 is 1.14 bits per heavy atom. The van der Waals surface area contributed by atoms with Crippen molar-refractivity contribution in [2.75, 3.05) is 5.73 Å². The van der Waals surface area contributed by atoms with E-state index < -0.39 is 9.84 Å². The molecule has 7 heteroatoms. The number of unbranched alkanes of at least 4 members (excludes halogenated alkanes) is 3. The first-order chi connectivity index (χ1) is 10.1. The predicted molar refractivity (Wildman–Crippen MR) is 80.5 cm³/mol. The zero-order valence-corrected chi connectivity index (χ0v) is 12.9. The monoisotopic (exact) mass is 308 g/mol. The molecule has 2 aromatic rings. The molecular weight excluding hydrogens is 288 g/mol. The summed E-state index contributed by atoms with van der Waals surface area (Å²) in [5.74, 6) is 0.107. The van der Waals surface area contributed by atoms with Gasteiger partial charge in [-0.05, 0) is 18.6 Å². The summed E-state index contributed by atoms with van der Waals surface area (Å²) in [5.41, 5.74) is 5.90. The normalized spacial score (nSPS) is 11.7. The molecule has 0 amide bonds. The lowest BCUT2D eigenvalue weighted by Gasteiger charge is -2.04. The van der Waals surface area contributed by atoms with Gasteiger partial charge in [-0.3, -0.25) is 0 Å². The summed E-state index contributed by atoms with van der Waals surface area (Å²) in [6.07, 6.45) is 4.26. The van der Waals surface area contributed by atoms with E-state index >= 15 is 0 Å². The summed E-state index contributed by atoms with van der Waals surface area (Å²) in [6.45, 7) is 2.72. The number of hydrogen-bond acceptors (Lipinski definition) is 5. The Hall–Kier alpha value is -1.89. The van der Waals surface area contributed by atoms with E-state index in [4.69, 9.17) is 5.73 Å². The number of aryl methyl sites for hydroxylation is 1. The number of benzene rings is 1. The van der Waals surface area contributed by atoms with Crippen LogP contribution in [0, 0.1) is 0 Å². The van der Waals surface area contributed by atoms with Gasteiger partial charge < -0.3 is 5.73 Å². The maximum absolute atomic E-state index is 12.4. The third kappa shape index (κ3) is 3.41. The second-order valence-corrected chi connectivity index (χ2v) is 6.75. The molecule has 1 heterocycles. The smallest absolute Gasteiger partial charge is 0.229 e. The van der Waals surface area contributed by atoms with E-state index in [1.165, 1.54) is 16.8 Å². The zero-order chi connectivity index (χ0) is 15.3. The molecule has 0 aliphatic heterocycles. The lowest BCUT2D eigenvalue weighted by atomic mass is 10.2. The SMILES string of the molecule is CCCCCCn1nnc(S(=O)(=O)c2ccccc2)c1N. The van der Waals surface area contributed by atoms with Gasteiger partial charge in [-0.2, -0.15) is 0 Å². The fourth-order valence-electron chi connectivity index (χ4n) is 2.06. The van der Waals surface area contributed by atoms with E-state index in [1.54, 1.807) is 18.2 Å². The van der Waals surface area contributed by atoms with Crippen molar-refractivity contribution in [1.29, 1.82) is 0 Å². The van der Waals surface area contributed by atoms with Crippen LogP contribution < -0.4 is 5.73 Å². The van der Waals surface area contributed by atoms with Crippen LogP contribution in [-0.4, -0.2) is 23.4 Å². The molecule has 2 N–H and O–H groups in total. The number of hydrogen-bond donors (Lipinski definition) is 1. The molecule has 0 atom stereocenters. The van der Waals surface area contributed by atoms with E-state index in [0.717, 1.165) is 25.7 Å². The average Bonchev–Trinajstić information content (AvgIpc) is 2.86. The fraction of sp³-hybridized carbons (Fsp3) is 0.429. The summed E-state index contributed by atoms with van der Waals surface area (Å²) in [4.78, 5) is 0.176. The van der Waals surface area contributed by atoms with Gasteiger partial charge in [-0.1, -0.05) is 49.6 Å². The van der Waals surface area contributed by atoms with Crippen molar-refractivity contribution in [2.45, 2.75) is 49.1 Å². The minimum Gasteiger partial charge on any atom is -0.381 e. The van der Waals surface area contributed by atoms with Gasteiger partial charge in [0.15, 0.2) is 5.82 Å². The van der Waals surface area contributed by atoms with Crippen LogP contribution in [0.2, 0.25) is 0 Å². The number of nitrogens with zero attached hydrogens (tertiary/aromatic N) is 3. The van der Waals surface area contributed by atoms with Crippen molar-refractivity contribution in [1.82, 2.24) is 15.0 Å². The molecule has 0 aliphatic carbocycles. The summed E-state index contributed by atoms with van der Waals surface area (Å²) < 4.78 is 26.4. The molecule has 21 heavy (non-hydrogen) atoms. The molecular formula is C14H20N4O2S. The number of anilines is 1. The fourth-order valence-corrected chi connectivity index (χ4v) is 3.32. The molecule has 0 spiro atoms. The number of aromatic nitrogens is 3. The highest BCUT2D eigenvalue weighted by Gasteiger charge is 2.25. The lowest BCUT2D eigenvalue weighted by molar-refractivity contribution is 0.532. The van der Waals surface area contributed by atoms with Crippen LogP contribution in [0.1, 0.15) is 32.6 Å². The number of nitrogens with two attached hydrogens (primary N) is 1. The topological polar surface area (TPSA) is 90.9 Å². The molecule has 0 saturated carbocycles. The van der Waals surface area contributed by atoms with Crippen molar-refractivity contribution in [3.8, 4) is 0 Å². The Morgan fingerprint density at radius 2 is 1.86 bits per heavy atom.